The number of likely N-dealkylation sites (N-methyl/N-ethyl adjacent to an activating group) is 2. The van der Waals surface area contributed by atoms with Crippen molar-refractivity contribution in [3.8, 4) is 0 Å². The first-order chi connectivity index (χ1) is 43.6. The lowest BCUT2D eigenvalue weighted by Gasteiger charge is -2.33. The molecule has 0 spiro atoms. The van der Waals surface area contributed by atoms with Crippen molar-refractivity contribution in [2.75, 3.05) is 57.5 Å². The highest BCUT2D eigenvalue weighted by Crippen LogP contribution is 2.37. The molecule has 23 nitrogen and oxygen atoms in total. The summed E-state index contributed by atoms with van der Waals surface area (Å²) >= 11 is 0. The fraction of sp³-hybridized carbons (Fsp3) is 0.552. The van der Waals surface area contributed by atoms with Gasteiger partial charge in [-0.05, 0) is 133 Å². The van der Waals surface area contributed by atoms with Crippen LogP contribution >= 0.6 is 0 Å². The molecular formula is C67H93N13O10. The summed E-state index contributed by atoms with van der Waals surface area (Å²) in [5.74, 6) is -3.29. The molecule has 0 aliphatic carbocycles. The number of nitrogens with one attached hydrogen (secondary N) is 11. The highest BCUT2D eigenvalue weighted by molar-refractivity contribution is 5.97. The van der Waals surface area contributed by atoms with Gasteiger partial charge in [-0.1, -0.05) is 105 Å². The number of carbonyl (C=O) groups is 8. The zero-order valence-corrected chi connectivity index (χ0v) is 52.5. The van der Waals surface area contributed by atoms with E-state index < -0.39 is 70.9 Å². The highest BCUT2D eigenvalue weighted by atomic mass is 16.2. The van der Waals surface area contributed by atoms with Gasteiger partial charge < -0.3 is 68.3 Å². The summed E-state index contributed by atoms with van der Waals surface area (Å²) in [6.07, 6.45) is 7.70. The molecule has 11 atom stereocenters. The maximum atomic E-state index is 14.8. The number of benzene rings is 3. The van der Waals surface area contributed by atoms with Crippen LogP contribution in [0.4, 0.5) is 11.4 Å². The Morgan fingerprint density at radius 3 is 1.56 bits per heavy atom. The molecule has 4 heterocycles. The van der Waals surface area contributed by atoms with Gasteiger partial charge in [0.15, 0.2) is 0 Å². The van der Waals surface area contributed by atoms with Crippen LogP contribution in [0, 0.1) is 11.8 Å². The average molecular weight is 1240 g/mol. The molecule has 0 radical (unpaired) electrons. The number of hydrogen-bond acceptors (Lipinski definition) is 15. The molecule has 90 heavy (non-hydrogen) atoms. The second-order valence-electron chi connectivity index (χ2n) is 24.3. The summed E-state index contributed by atoms with van der Waals surface area (Å²) < 4.78 is 0. The number of anilines is 2. The summed E-state index contributed by atoms with van der Waals surface area (Å²) in [6.45, 7) is 6.26. The summed E-state index contributed by atoms with van der Waals surface area (Å²) in [6, 6.07) is 22.6. The minimum absolute atomic E-state index is 0.0754. The highest BCUT2D eigenvalue weighted by Gasteiger charge is 2.50. The zero-order chi connectivity index (χ0) is 64.1. The number of carbonyl (C=O) groups excluding carboxylic acids is 8. The maximum absolute atomic E-state index is 14.8. The predicted molar refractivity (Wildman–Crippen MR) is 344 cm³/mol. The van der Waals surface area contributed by atoms with Crippen LogP contribution in [0.15, 0.2) is 101 Å². The van der Waals surface area contributed by atoms with Crippen LogP contribution in [0.5, 0.6) is 0 Å². The lowest BCUT2D eigenvalue weighted by Crippen LogP contribution is -2.59. The van der Waals surface area contributed by atoms with Crippen molar-refractivity contribution in [3.05, 3.63) is 128 Å². The van der Waals surface area contributed by atoms with E-state index in [1.54, 1.807) is 48.2 Å². The third-order valence-electron chi connectivity index (χ3n) is 18.5. The van der Waals surface area contributed by atoms with E-state index in [1.165, 1.54) is 0 Å². The van der Waals surface area contributed by atoms with Crippen molar-refractivity contribution < 1.29 is 38.4 Å². The molecule has 0 aromatic heterocycles. The molecule has 0 bridgehead atoms. The van der Waals surface area contributed by atoms with Gasteiger partial charge in [0.2, 0.25) is 47.3 Å². The van der Waals surface area contributed by atoms with Crippen LogP contribution in [0.2, 0.25) is 0 Å². The molecule has 486 valence electrons. The van der Waals surface area contributed by atoms with Crippen LogP contribution in [0.1, 0.15) is 133 Å². The van der Waals surface area contributed by atoms with Crippen molar-refractivity contribution in [1.82, 2.24) is 57.7 Å². The minimum Gasteiger partial charge on any atom is -0.380 e. The molecule has 0 unspecified atom stereocenters. The molecule has 4 aliphatic heterocycles. The summed E-state index contributed by atoms with van der Waals surface area (Å²) in [5.41, 5.74) is 1.58. The predicted octanol–water partition coefficient (Wildman–Crippen LogP) is 2.76. The Labute approximate surface area is 527 Å². The van der Waals surface area contributed by atoms with Gasteiger partial charge in [0, 0.05) is 63.7 Å². The summed E-state index contributed by atoms with van der Waals surface area (Å²) in [7, 11) is 3.39. The fourth-order valence-corrected chi connectivity index (χ4v) is 13.3. The second kappa shape index (κ2) is 33.7. The van der Waals surface area contributed by atoms with E-state index in [4.69, 9.17) is 0 Å². The fourth-order valence-electron chi connectivity index (χ4n) is 13.3. The quantitative estimate of drug-likeness (QED) is 0.0242. The molecule has 23 heteroatoms. The maximum Gasteiger partial charge on any atom is 0.253 e. The van der Waals surface area contributed by atoms with Gasteiger partial charge in [-0.3, -0.25) is 47.9 Å². The number of unbranched alkanes of at least 4 members (excludes halogenated alkanes) is 1. The van der Waals surface area contributed by atoms with Crippen LogP contribution in [-0.2, 0) is 51.4 Å². The molecule has 4 aromatic rings. The Morgan fingerprint density at radius 1 is 0.511 bits per heavy atom. The minimum atomic E-state index is -1.07. The Morgan fingerprint density at radius 2 is 1.00 bits per heavy atom. The van der Waals surface area contributed by atoms with Crippen LogP contribution in [-0.4, -0.2) is 152 Å². The Bertz CT molecular complexity index is 3120. The first-order valence-electron chi connectivity index (χ1n) is 32.5. The second-order valence-corrected chi connectivity index (χ2v) is 24.3. The molecule has 4 fully saturated rings. The number of hydrogen-bond donors (Lipinski definition) is 11. The van der Waals surface area contributed by atoms with Gasteiger partial charge >= 0.3 is 0 Å². The molecule has 4 aliphatic rings. The van der Waals surface area contributed by atoms with E-state index >= 15 is 0 Å². The number of nitrogens with zero attached hydrogens (tertiary/aromatic N) is 2. The molecule has 4 aromatic carbocycles. The molecular weight excluding hydrogens is 1150 g/mol. The molecule has 0 saturated carbocycles. The van der Waals surface area contributed by atoms with Gasteiger partial charge in [0.25, 0.3) is 10.9 Å². The van der Waals surface area contributed by atoms with Crippen molar-refractivity contribution in [2.24, 2.45) is 11.8 Å². The zero-order valence-electron chi connectivity index (χ0n) is 52.5. The van der Waals surface area contributed by atoms with Gasteiger partial charge in [0.05, 0.1) is 12.1 Å². The van der Waals surface area contributed by atoms with Crippen LogP contribution < -0.4 is 69.3 Å². The molecule has 11 N–H and O–H groups in total. The third kappa shape index (κ3) is 17.5. The Hall–Kier alpha value is -8.02. The van der Waals surface area contributed by atoms with E-state index in [1.807, 2.05) is 80.6 Å². The first-order valence-corrected chi connectivity index (χ1v) is 32.5. The topological polar surface area (TPSA) is 310 Å². The van der Waals surface area contributed by atoms with Crippen molar-refractivity contribution in [1.29, 1.82) is 0 Å². The van der Waals surface area contributed by atoms with Gasteiger partial charge in [0.1, 0.15) is 41.6 Å². The van der Waals surface area contributed by atoms with Crippen molar-refractivity contribution in [2.45, 2.75) is 178 Å². The van der Waals surface area contributed by atoms with E-state index in [0.717, 1.165) is 11.1 Å². The Kier molecular flexibility index (Phi) is 25.4. The number of fused-ring (bicyclic) bond motifs is 2. The average Bonchev–Trinajstić information content (AvgIpc) is 1.64. The summed E-state index contributed by atoms with van der Waals surface area (Å²) in [5, 5.41) is 33.5. The summed E-state index contributed by atoms with van der Waals surface area (Å²) in [4.78, 5) is 140. The van der Waals surface area contributed by atoms with Gasteiger partial charge in [-0.2, -0.15) is 0 Å². The number of rotatable bonds is 33. The molecule has 8 rings (SSSR count). The third-order valence-corrected chi connectivity index (χ3v) is 18.5. The SMILES string of the molecule is CC[C@H](NC)C(=O)N[C@@H]1C(=O)N2[C@@H](CC[C@@H]1CNC(=O)CCCNc1c(NCCCCNC(=O)[C@@H](NC(=O)[C@@H]3CC[C@@H]4CC[C@H](CCNCc5ccccc5)[C@H](NC(=O)[C@H](CC)NC)C(=O)N43)c3ccccc3)c(=O)c1=O)CC[C@H]2C(=O)NCc1ccccc1. The van der Waals surface area contributed by atoms with E-state index in [-0.39, 0.29) is 90.9 Å². The lowest BCUT2D eigenvalue weighted by atomic mass is 9.90. The van der Waals surface area contributed by atoms with Gasteiger partial charge in [-0.25, -0.2) is 0 Å². The normalized spacial score (nSPS) is 22.4. The smallest absolute Gasteiger partial charge is 0.253 e. The van der Waals surface area contributed by atoms with Gasteiger partial charge in [-0.15, -0.1) is 0 Å². The first kappa shape index (κ1) is 67.9. The standard InChI is InChI=1S/C67H93N13O10/c1-5-49(68-3)61(84)77-55-45(34-38-70-39-42-19-10-7-11-20-42)26-28-47-31-33-52(80(47)66(55)89)64(87)76-54(44-23-14-9-15-24-44)65(88)73-36-17-16-35-71-57-58(60(83)59(57)82)72-37-18-25-53(81)74-41-46-27-29-48-30-32-51(63(86)75-40-43-21-12-8-13-22-43)79(48)67(90)56(46)78-62(85)50(6-2)69-4/h7-15,19-24,45-52,54-56,68-72H,5-6,16-18,25-41H2,1-4H3,(H,73,88)(H,74,81)(H,75,86)(H,76,87)(H,77,84)(H,78,85)/t45-,46-,47+,48+,49+,50+,51+,52+,54+,55+,56+/m1/s1. The van der Waals surface area contributed by atoms with Crippen LogP contribution in [0.3, 0.4) is 0 Å². The van der Waals surface area contributed by atoms with E-state index in [2.05, 4.69) is 58.5 Å². The molecule has 8 amide bonds. The lowest BCUT2D eigenvalue weighted by molar-refractivity contribution is -0.144. The number of amides is 8. The molecule has 4 saturated heterocycles. The largest absolute Gasteiger partial charge is 0.380 e. The van der Waals surface area contributed by atoms with Crippen molar-refractivity contribution in [3.63, 3.8) is 0 Å². The van der Waals surface area contributed by atoms with Crippen molar-refractivity contribution >= 4 is 58.6 Å². The van der Waals surface area contributed by atoms with E-state index in [9.17, 15) is 47.9 Å². The van der Waals surface area contributed by atoms with E-state index in [0.29, 0.717) is 122 Å². The monoisotopic (exact) mass is 1240 g/mol. The Balaban J connectivity index is 0.787. The van der Waals surface area contributed by atoms with Crippen LogP contribution in [0.25, 0.3) is 0 Å².